The highest BCUT2D eigenvalue weighted by atomic mass is 15.0. The third-order valence-electron chi connectivity index (χ3n) is 2.24. The van der Waals surface area contributed by atoms with E-state index in [-0.39, 0.29) is 5.57 Å². The average Bonchev–Trinajstić information content (AvgIpc) is 2.42. The maximum atomic E-state index is 8.79. The zero-order valence-corrected chi connectivity index (χ0v) is 8.88. The summed E-state index contributed by atoms with van der Waals surface area (Å²) in [6.07, 6.45) is 3.18. The summed E-state index contributed by atoms with van der Waals surface area (Å²) in [5.41, 5.74) is 1.43. The SMILES string of the molecule is N#CC(C#N)=C1C=CN=C(c2ccccc2)N1. The van der Waals surface area contributed by atoms with Crippen LogP contribution in [0, 0.1) is 22.7 Å². The minimum absolute atomic E-state index is 0.0459. The molecule has 1 aromatic rings. The van der Waals surface area contributed by atoms with Crippen LogP contribution < -0.4 is 5.32 Å². The van der Waals surface area contributed by atoms with Crippen LogP contribution >= 0.6 is 0 Å². The molecule has 1 aliphatic heterocycles. The van der Waals surface area contributed by atoms with E-state index >= 15 is 0 Å². The lowest BCUT2D eigenvalue weighted by atomic mass is 10.1. The van der Waals surface area contributed by atoms with E-state index in [0.29, 0.717) is 11.5 Å². The lowest BCUT2D eigenvalue weighted by Crippen LogP contribution is -2.25. The van der Waals surface area contributed by atoms with Gasteiger partial charge in [-0.05, 0) is 6.08 Å². The first kappa shape index (κ1) is 10.7. The van der Waals surface area contributed by atoms with Gasteiger partial charge in [-0.15, -0.1) is 0 Å². The van der Waals surface area contributed by atoms with Crippen molar-refractivity contribution in [1.29, 1.82) is 10.5 Å². The molecular weight excluding hydrogens is 212 g/mol. The summed E-state index contributed by atoms with van der Waals surface area (Å²) in [6.45, 7) is 0. The number of nitrogens with one attached hydrogen (secondary N) is 1. The summed E-state index contributed by atoms with van der Waals surface area (Å²) in [4.78, 5) is 4.17. The van der Waals surface area contributed by atoms with Crippen molar-refractivity contribution in [3.63, 3.8) is 0 Å². The summed E-state index contributed by atoms with van der Waals surface area (Å²) in [7, 11) is 0. The van der Waals surface area contributed by atoms with Crippen molar-refractivity contribution in [2.24, 2.45) is 4.99 Å². The fraction of sp³-hybridized carbons (Fsp3) is 0. The molecule has 1 N–H and O–H groups in total. The molecule has 0 radical (unpaired) electrons. The van der Waals surface area contributed by atoms with Crippen molar-refractivity contribution in [3.05, 3.63) is 59.4 Å². The number of hydrogen-bond donors (Lipinski definition) is 1. The van der Waals surface area contributed by atoms with Crippen LogP contribution in [0.2, 0.25) is 0 Å². The Balaban J connectivity index is 2.36. The van der Waals surface area contributed by atoms with Gasteiger partial charge in [-0.1, -0.05) is 30.3 Å². The first-order valence-corrected chi connectivity index (χ1v) is 4.96. The van der Waals surface area contributed by atoms with Crippen molar-refractivity contribution in [3.8, 4) is 12.1 Å². The molecule has 1 aromatic carbocycles. The molecule has 80 valence electrons. The third-order valence-corrected chi connectivity index (χ3v) is 2.24. The molecule has 0 aromatic heterocycles. The number of hydrogen-bond acceptors (Lipinski definition) is 4. The number of aliphatic imine (C=N–C) groups is 1. The number of amidine groups is 1. The molecule has 0 aliphatic carbocycles. The number of nitrogens with zero attached hydrogens (tertiary/aromatic N) is 3. The van der Waals surface area contributed by atoms with Gasteiger partial charge >= 0.3 is 0 Å². The molecule has 0 spiro atoms. The first-order chi connectivity index (χ1) is 8.35. The van der Waals surface area contributed by atoms with Crippen molar-refractivity contribution in [2.45, 2.75) is 0 Å². The average molecular weight is 220 g/mol. The predicted molar refractivity (Wildman–Crippen MR) is 63.5 cm³/mol. The Labute approximate surface area is 98.8 Å². The van der Waals surface area contributed by atoms with Gasteiger partial charge in [-0.25, -0.2) is 4.99 Å². The Morgan fingerprint density at radius 2 is 1.82 bits per heavy atom. The Morgan fingerprint density at radius 3 is 2.47 bits per heavy atom. The molecule has 2 rings (SSSR count). The third kappa shape index (κ3) is 2.22. The summed E-state index contributed by atoms with van der Waals surface area (Å²) in [6, 6.07) is 13.2. The summed E-state index contributed by atoms with van der Waals surface area (Å²) in [5.74, 6) is 0.631. The lowest BCUT2D eigenvalue weighted by molar-refractivity contribution is 1.12. The number of benzene rings is 1. The fourth-order valence-corrected chi connectivity index (χ4v) is 1.42. The van der Waals surface area contributed by atoms with Crippen molar-refractivity contribution >= 4 is 5.84 Å². The van der Waals surface area contributed by atoms with Gasteiger partial charge in [0.25, 0.3) is 0 Å². The predicted octanol–water partition coefficient (Wildman–Crippen LogP) is 1.85. The molecule has 1 heterocycles. The standard InChI is InChI=1S/C13H8N4/c14-8-11(9-15)12-6-7-16-13(17-12)10-4-2-1-3-5-10/h1-7H,(H,16,17). The first-order valence-electron chi connectivity index (χ1n) is 4.96. The molecule has 17 heavy (non-hydrogen) atoms. The summed E-state index contributed by atoms with van der Waals surface area (Å²) in [5, 5.41) is 20.6. The van der Waals surface area contributed by atoms with Crippen molar-refractivity contribution in [2.75, 3.05) is 0 Å². The van der Waals surface area contributed by atoms with Crippen LogP contribution in [0.15, 0.2) is 58.9 Å². The van der Waals surface area contributed by atoms with Gasteiger partial charge in [0.1, 0.15) is 18.0 Å². The highest BCUT2D eigenvalue weighted by Gasteiger charge is 2.10. The maximum absolute atomic E-state index is 8.79. The van der Waals surface area contributed by atoms with E-state index in [1.54, 1.807) is 12.3 Å². The van der Waals surface area contributed by atoms with Crippen LogP contribution in [0.25, 0.3) is 0 Å². The lowest BCUT2D eigenvalue weighted by Gasteiger charge is -2.13. The normalized spacial score (nSPS) is 13.1. The smallest absolute Gasteiger partial charge is 0.153 e. The molecule has 4 heteroatoms. The Bertz CT molecular complexity index is 579. The fourth-order valence-electron chi connectivity index (χ4n) is 1.42. The topological polar surface area (TPSA) is 72.0 Å². The van der Waals surface area contributed by atoms with E-state index in [9.17, 15) is 0 Å². The van der Waals surface area contributed by atoms with Crippen molar-refractivity contribution in [1.82, 2.24) is 5.32 Å². The van der Waals surface area contributed by atoms with E-state index in [1.165, 1.54) is 0 Å². The molecule has 0 saturated heterocycles. The summed E-state index contributed by atoms with van der Waals surface area (Å²) >= 11 is 0. The second-order valence-corrected chi connectivity index (χ2v) is 3.30. The van der Waals surface area contributed by atoms with E-state index < -0.39 is 0 Å². The monoisotopic (exact) mass is 220 g/mol. The zero-order chi connectivity index (χ0) is 12.1. The number of allylic oxidation sites excluding steroid dienone is 2. The number of nitriles is 2. The van der Waals surface area contributed by atoms with Crippen LogP contribution in [0.4, 0.5) is 0 Å². The summed E-state index contributed by atoms with van der Waals surface area (Å²) < 4.78 is 0. The van der Waals surface area contributed by atoms with Crippen LogP contribution in [-0.4, -0.2) is 5.84 Å². The second kappa shape index (κ2) is 4.78. The van der Waals surface area contributed by atoms with E-state index in [0.717, 1.165) is 5.56 Å². The van der Waals surface area contributed by atoms with Gasteiger partial charge in [0.05, 0.1) is 5.70 Å². The van der Waals surface area contributed by atoms with Crippen LogP contribution in [0.5, 0.6) is 0 Å². The molecule has 0 fully saturated rings. The van der Waals surface area contributed by atoms with Crippen molar-refractivity contribution < 1.29 is 0 Å². The van der Waals surface area contributed by atoms with E-state index in [4.69, 9.17) is 10.5 Å². The molecule has 0 unspecified atom stereocenters. The molecule has 0 saturated carbocycles. The minimum Gasteiger partial charge on any atom is -0.338 e. The highest BCUT2D eigenvalue weighted by Crippen LogP contribution is 2.10. The van der Waals surface area contributed by atoms with Gasteiger partial charge in [-0.2, -0.15) is 10.5 Å². The number of rotatable bonds is 1. The van der Waals surface area contributed by atoms with Crippen LogP contribution in [0.3, 0.4) is 0 Å². The molecule has 0 bridgehead atoms. The molecule has 4 nitrogen and oxygen atoms in total. The molecule has 0 atom stereocenters. The molecule has 0 amide bonds. The van der Waals surface area contributed by atoms with Gasteiger partial charge in [-0.3, -0.25) is 0 Å². The van der Waals surface area contributed by atoms with Gasteiger partial charge in [0.15, 0.2) is 5.57 Å². The quantitative estimate of drug-likeness (QED) is 0.734. The van der Waals surface area contributed by atoms with E-state index in [1.807, 2.05) is 42.5 Å². The Morgan fingerprint density at radius 1 is 1.12 bits per heavy atom. The highest BCUT2D eigenvalue weighted by molar-refractivity contribution is 6.01. The maximum Gasteiger partial charge on any atom is 0.153 e. The zero-order valence-electron chi connectivity index (χ0n) is 8.88. The van der Waals surface area contributed by atoms with Gasteiger partial charge < -0.3 is 5.32 Å². The second-order valence-electron chi connectivity index (χ2n) is 3.30. The van der Waals surface area contributed by atoms with E-state index in [2.05, 4.69) is 10.3 Å². The minimum atomic E-state index is 0.0459. The van der Waals surface area contributed by atoms with Gasteiger partial charge in [0, 0.05) is 11.8 Å². The Kier molecular flexibility index (Phi) is 3.00. The largest absolute Gasteiger partial charge is 0.338 e. The molecule has 1 aliphatic rings. The van der Waals surface area contributed by atoms with Gasteiger partial charge in [0.2, 0.25) is 0 Å². The Hall–Kier alpha value is -2.85. The van der Waals surface area contributed by atoms with Crippen LogP contribution in [0.1, 0.15) is 5.56 Å². The molecular formula is C13H8N4. The van der Waals surface area contributed by atoms with Crippen LogP contribution in [-0.2, 0) is 0 Å².